The minimum atomic E-state index is -2.08. The third kappa shape index (κ3) is 3.97. The number of amides is 1. The number of carbonyl (C=O) groups is 3. The number of rotatable bonds is 7. The van der Waals surface area contributed by atoms with Crippen LogP contribution in [0.1, 0.15) is 48.5 Å². The van der Waals surface area contributed by atoms with E-state index in [4.69, 9.17) is 9.16 Å². The SMILES string of the molecule is CCOC(=O)C(C)(C(C)=O)[C@H]1NC(=O)[C@@H]1[C@@H](C)O[Si](C)(C)C(C)(C)C. The standard InChI is InChI=1S/C18H33NO5Si/c1-10-23-16(22)18(7,12(3)20)14-13(15(21)19-14)11(2)24-25(8,9)17(4,5)6/h11,13-14H,10H2,1-9H3,(H,19,21)/t11-,13-,14+,18?/m1/s1. The fraction of sp³-hybridized carbons (Fsp3) is 0.833. The van der Waals surface area contributed by atoms with E-state index in [-0.39, 0.29) is 29.4 Å². The van der Waals surface area contributed by atoms with Crippen molar-refractivity contribution in [2.45, 2.75) is 78.7 Å². The van der Waals surface area contributed by atoms with Gasteiger partial charge in [0.1, 0.15) is 11.2 Å². The van der Waals surface area contributed by atoms with Gasteiger partial charge in [0.05, 0.1) is 24.7 Å². The third-order valence-electron chi connectivity index (χ3n) is 5.80. The van der Waals surface area contributed by atoms with E-state index >= 15 is 0 Å². The Kier molecular flexibility index (Phi) is 6.28. The van der Waals surface area contributed by atoms with E-state index in [1.165, 1.54) is 6.92 Å². The number of carbonyl (C=O) groups excluding carboxylic acids is 3. The van der Waals surface area contributed by atoms with E-state index in [1.807, 2.05) is 6.92 Å². The van der Waals surface area contributed by atoms with Gasteiger partial charge in [-0.3, -0.25) is 14.4 Å². The minimum Gasteiger partial charge on any atom is -0.465 e. The molecule has 1 heterocycles. The Hall–Kier alpha value is -1.21. The Morgan fingerprint density at radius 3 is 2.12 bits per heavy atom. The molecule has 0 aromatic rings. The summed E-state index contributed by atoms with van der Waals surface area (Å²) in [5.74, 6) is -1.65. The second kappa shape index (κ2) is 7.19. The van der Waals surface area contributed by atoms with Gasteiger partial charge < -0.3 is 14.5 Å². The predicted molar refractivity (Wildman–Crippen MR) is 98.6 cm³/mol. The largest absolute Gasteiger partial charge is 0.465 e. The highest BCUT2D eigenvalue weighted by Gasteiger charge is 2.59. The molecule has 0 spiro atoms. The zero-order valence-electron chi connectivity index (χ0n) is 17.0. The van der Waals surface area contributed by atoms with Gasteiger partial charge in [-0.1, -0.05) is 20.8 Å². The number of nitrogens with one attached hydrogen (secondary N) is 1. The lowest BCUT2D eigenvalue weighted by atomic mass is 9.67. The zero-order chi connectivity index (χ0) is 19.8. The van der Waals surface area contributed by atoms with Crippen LogP contribution in [0.2, 0.25) is 18.1 Å². The van der Waals surface area contributed by atoms with Crippen molar-refractivity contribution in [3.8, 4) is 0 Å². The molecule has 1 aliphatic heterocycles. The van der Waals surface area contributed by atoms with Crippen LogP contribution in [-0.2, 0) is 23.5 Å². The first-order chi connectivity index (χ1) is 11.2. The zero-order valence-corrected chi connectivity index (χ0v) is 18.0. The van der Waals surface area contributed by atoms with E-state index in [2.05, 4.69) is 39.2 Å². The van der Waals surface area contributed by atoms with E-state index in [1.54, 1.807) is 13.8 Å². The molecule has 0 radical (unpaired) electrons. The van der Waals surface area contributed by atoms with Gasteiger partial charge in [0.15, 0.2) is 8.32 Å². The van der Waals surface area contributed by atoms with E-state index in [0.717, 1.165) is 0 Å². The normalized spacial score (nSPS) is 24.6. The lowest BCUT2D eigenvalue weighted by Crippen LogP contribution is -2.72. The predicted octanol–water partition coefficient (Wildman–Crippen LogP) is 2.67. The van der Waals surface area contributed by atoms with Crippen molar-refractivity contribution in [3.05, 3.63) is 0 Å². The Bertz CT molecular complexity index is 554. The van der Waals surface area contributed by atoms with Gasteiger partial charge in [0, 0.05) is 0 Å². The first-order valence-electron chi connectivity index (χ1n) is 8.86. The second-order valence-electron chi connectivity index (χ2n) is 8.57. The van der Waals surface area contributed by atoms with Crippen LogP contribution in [0.25, 0.3) is 0 Å². The Morgan fingerprint density at radius 1 is 1.24 bits per heavy atom. The molecular weight excluding hydrogens is 338 g/mol. The first-order valence-corrected chi connectivity index (χ1v) is 11.8. The van der Waals surface area contributed by atoms with E-state index in [9.17, 15) is 14.4 Å². The van der Waals surface area contributed by atoms with Crippen molar-refractivity contribution in [1.29, 1.82) is 0 Å². The summed E-state index contributed by atoms with van der Waals surface area (Å²) in [5.41, 5.74) is -1.40. The molecule has 7 heteroatoms. The third-order valence-corrected chi connectivity index (χ3v) is 10.4. The highest BCUT2D eigenvalue weighted by atomic mass is 28.4. The number of hydrogen-bond donors (Lipinski definition) is 1. The van der Waals surface area contributed by atoms with Gasteiger partial charge >= 0.3 is 5.97 Å². The van der Waals surface area contributed by atoms with E-state index in [0.29, 0.717) is 0 Å². The quantitative estimate of drug-likeness (QED) is 0.322. The summed E-state index contributed by atoms with van der Waals surface area (Å²) in [6.45, 7) is 17.2. The molecule has 1 fully saturated rings. The van der Waals surface area contributed by atoms with Crippen LogP contribution in [-0.4, -0.2) is 44.7 Å². The number of ether oxygens (including phenoxy) is 1. The van der Waals surface area contributed by atoms with Crippen LogP contribution in [0.4, 0.5) is 0 Å². The lowest BCUT2D eigenvalue weighted by molar-refractivity contribution is -0.168. The number of hydrogen-bond acceptors (Lipinski definition) is 5. The van der Waals surface area contributed by atoms with Crippen LogP contribution >= 0.6 is 0 Å². The molecule has 1 N–H and O–H groups in total. The topological polar surface area (TPSA) is 81.7 Å². The molecule has 1 rings (SSSR count). The number of Topliss-reactive ketones (excluding diaryl/α,β-unsaturated/α-hetero) is 1. The van der Waals surface area contributed by atoms with Crippen LogP contribution in [0.3, 0.4) is 0 Å². The summed E-state index contributed by atoms with van der Waals surface area (Å²) in [5, 5.41) is 2.74. The number of ketones is 1. The van der Waals surface area contributed by atoms with Crippen LogP contribution in [0.5, 0.6) is 0 Å². The monoisotopic (exact) mass is 371 g/mol. The maximum absolute atomic E-state index is 12.4. The molecule has 25 heavy (non-hydrogen) atoms. The molecule has 1 saturated heterocycles. The average molecular weight is 372 g/mol. The van der Waals surface area contributed by atoms with Gasteiger partial charge in [-0.25, -0.2) is 0 Å². The smallest absolute Gasteiger partial charge is 0.321 e. The van der Waals surface area contributed by atoms with Crippen molar-refractivity contribution >= 4 is 26.0 Å². The molecule has 1 unspecified atom stereocenters. The molecular formula is C18H33NO5Si. The van der Waals surface area contributed by atoms with Crippen LogP contribution in [0.15, 0.2) is 0 Å². The van der Waals surface area contributed by atoms with Gasteiger partial charge in [-0.15, -0.1) is 0 Å². The summed E-state index contributed by atoms with van der Waals surface area (Å²) in [6.07, 6.45) is -0.382. The van der Waals surface area contributed by atoms with Crippen molar-refractivity contribution < 1.29 is 23.5 Å². The molecule has 6 nitrogen and oxygen atoms in total. The van der Waals surface area contributed by atoms with Gasteiger partial charge in [-0.05, 0) is 45.8 Å². The van der Waals surface area contributed by atoms with Gasteiger partial charge in [0.25, 0.3) is 0 Å². The van der Waals surface area contributed by atoms with Gasteiger partial charge in [-0.2, -0.15) is 0 Å². The summed E-state index contributed by atoms with van der Waals surface area (Å²) in [4.78, 5) is 36.9. The Balaban J connectivity index is 3.09. The average Bonchev–Trinajstić information content (AvgIpc) is 2.41. The second-order valence-corrected chi connectivity index (χ2v) is 13.3. The summed E-state index contributed by atoms with van der Waals surface area (Å²) >= 11 is 0. The molecule has 144 valence electrons. The Morgan fingerprint density at radius 2 is 1.76 bits per heavy atom. The minimum absolute atomic E-state index is 0.00198. The highest BCUT2D eigenvalue weighted by molar-refractivity contribution is 6.74. The summed E-state index contributed by atoms with van der Waals surface area (Å²) < 4.78 is 11.4. The molecule has 4 atom stereocenters. The molecule has 0 aromatic carbocycles. The fourth-order valence-electron chi connectivity index (χ4n) is 2.87. The maximum Gasteiger partial charge on any atom is 0.321 e. The van der Waals surface area contributed by atoms with Crippen LogP contribution in [0, 0.1) is 11.3 Å². The molecule has 0 saturated carbocycles. The van der Waals surface area contributed by atoms with Crippen molar-refractivity contribution in [1.82, 2.24) is 5.32 Å². The highest BCUT2D eigenvalue weighted by Crippen LogP contribution is 2.42. The Labute approximate surface area is 152 Å². The van der Waals surface area contributed by atoms with Crippen molar-refractivity contribution in [2.24, 2.45) is 11.3 Å². The fourth-order valence-corrected chi connectivity index (χ4v) is 4.30. The first kappa shape index (κ1) is 21.8. The van der Waals surface area contributed by atoms with Gasteiger partial charge in [0.2, 0.25) is 5.91 Å². The molecule has 1 amide bonds. The lowest BCUT2D eigenvalue weighted by Gasteiger charge is -2.49. The maximum atomic E-state index is 12.4. The number of esters is 1. The molecule has 0 aliphatic carbocycles. The molecule has 1 aliphatic rings. The molecule has 0 bridgehead atoms. The summed E-state index contributed by atoms with van der Waals surface area (Å²) in [6, 6.07) is -0.615. The van der Waals surface area contributed by atoms with E-state index < -0.39 is 31.7 Å². The van der Waals surface area contributed by atoms with Crippen molar-refractivity contribution in [3.63, 3.8) is 0 Å². The molecule has 0 aromatic heterocycles. The van der Waals surface area contributed by atoms with Crippen molar-refractivity contribution in [2.75, 3.05) is 6.61 Å². The summed E-state index contributed by atoms with van der Waals surface area (Å²) in [7, 11) is -2.08. The van der Waals surface area contributed by atoms with Crippen LogP contribution < -0.4 is 5.32 Å². The number of β-lactam (4-membered cyclic amide) rings is 1.